The van der Waals surface area contributed by atoms with E-state index in [1.54, 1.807) is 6.07 Å². The summed E-state index contributed by atoms with van der Waals surface area (Å²) in [4.78, 5) is 24.8. The number of halogens is 4. The van der Waals surface area contributed by atoms with Gasteiger partial charge in [-0.05, 0) is 60.7 Å². The quantitative estimate of drug-likeness (QED) is 0.551. The third kappa shape index (κ3) is 6.84. The van der Waals surface area contributed by atoms with Crippen molar-refractivity contribution in [3.05, 3.63) is 41.4 Å². The van der Waals surface area contributed by atoms with Gasteiger partial charge in [0.25, 0.3) is 0 Å². The predicted octanol–water partition coefficient (Wildman–Crippen LogP) is 5.19. The fourth-order valence-electron chi connectivity index (χ4n) is 4.44. The van der Waals surface area contributed by atoms with E-state index < -0.39 is 18.6 Å². The Morgan fingerprint density at radius 3 is 2.35 bits per heavy atom. The molecule has 2 saturated carbocycles. The van der Waals surface area contributed by atoms with E-state index in [4.69, 9.17) is 16.3 Å². The number of amides is 2. The minimum atomic E-state index is -4.65. The molecule has 4 rings (SSSR count). The number of alkyl halides is 3. The smallest absolute Gasteiger partial charge is 0.368 e. The molecule has 2 amide bonds. The summed E-state index contributed by atoms with van der Waals surface area (Å²) in [6, 6.07) is 11.2. The first-order valence-electron chi connectivity index (χ1n) is 11.3. The average Bonchev–Trinajstić information content (AvgIpc) is 2.75. The van der Waals surface area contributed by atoms with Crippen LogP contribution in [0.25, 0.3) is 10.8 Å². The van der Waals surface area contributed by atoms with Gasteiger partial charge in [0.05, 0.1) is 12.2 Å². The van der Waals surface area contributed by atoms with Gasteiger partial charge in [0, 0.05) is 35.5 Å². The zero-order valence-corrected chi connectivity index (χ0v) is 19.1. The van der Waals surface area contributed by atoms with Crippen molar-refractivity contribution in [3.8, 4) is 0 Å². The molecule has 2 aliphatic carbocycles. The van der Waals surface area contributed by atoms with Crippen molar-refractivity contribution in [2.45, 2.75) is 63.1 Å². The van der Waals surface area contributed by atoms with Gasteiger partial charge in [0.15, 0.2) is 0 Å². The summed E-state index contributed by atoms with van der Waals surface area (Å²) in [7, 11) is 0. The Morgan fingerprint density at radius 2 is 1.65 bits per heavy atom. The molecule has 0 bridgehead atoms. The van der Waals surface area contributed by atoms with Gasteiger partial charge in [-0.25, -0.2) is 0 Å². The normalized spacial score (nSPS) is 24.9. The maximum Gasteiger partial charge on any atom is 0.522 e. The Hall–Kier alpha value is -2.36. The summed E-state index contributed by atoms with van der Waals surface area (Å²) in [5, 5.41) is 8.51. The van der Waals surface area contributed by atoms with Crippen LogP contribution in [0.1, 0.15) is 38.5 Å². The zero-order chi connectivity index (χ0) is 24.3. The number of fused-ring (bicyclic) bond motifs is 1. The minimum absolute atomic E-state index is 0.0398. The monoisotopic (exact) mass is 498 g/mol. The zero-order valence-electron chi connectivity index (χ0n) is 18.4. The van der Waals surface area contributed by atoms with Crippen molar-refractivity contribution in [1.29, 1.82) is 0 Å². The molecule has 6 nitrogen and oxygen atoms in total. The predicted molar refractivity (Wildman–Crippen MR) is 121 cm³/mol. The first kappa shape index (κ1) is 24.8. The number of ether oxygens (including phenoxy) is 2. The van der Waals surface area contributed by atoms with E-state index in [-0.39, 0.29) is 43.2 Å². The van der Waals surface area contributed by atoms with E-state index >= 15 is 0 Å². The van der Waals surface area contributed by atoms with E-state index in [0.29, 0.717) is 30.7 Å². The molecule has 0 heterocycles. The standard InChI is InChI=1S/C24H26ClF3N2O4/c25-17-5-1-16-10-19(8-4-15(16)9-17)30-23(32)14-2-6-18(7-3-14)29-22(31)13-33-20-11-21(12-20)34-24(26,27)28/h1,4-5,8-10,14,18,20-21H,2-3,6-7,11-13H2,(H,29,31)(H,30,32)/t14-,18-,20-,21+. The topological polar surface area (TPSA) is 76.7 Å². The number of hydrogen-bond donors (Lipinski definition) is 2. The van der Waals surface area contributed by atoms with Gasteiger partial charge in [-0.3, -0.25) is 14.3 Å². The number of nitrogens with one attached hydrogen (secondary N) is 2. The molecule has 34 heavy (non-hydrogen) atoms. The first-order valence-corrected chi connectivity index (χ1v) is 11.7. The van der Waals surface area contributed by atoms with Gasteiger partial charge in [-0.2, -0.15) is 0 Å². The number of carbonyl (C=O) groups is 2. The Bertz CT molecular complexity index is 1030. The molecule has 0 atom stereocenters. The summed E-state index contributed by atoms with van der Waals surface area (Å²) in [5.41, 5.74) is 0.728. The molecular formula is C24H26ClF3N2O4. The van der Waals surface area contributed by atoms with Crippen LogP contribution in [0.15, 0.2) is 36.4 Å². The highest BCUT2D eigenvalue weighted by Crippen LogP contribution is 2.32. The molecule has 2 aliphatic rings. The number of anilines is 1. The maximum absolute atomic E-state index is 12.7. The van der Waals surface area contributed by atoms with E-state index in [9.17, 15) is 22.8 Å². The van der Waals surface area contributed by atoms with Crippen molar-refractivity contribution in [3.63, 3.8) is 0 Å². The molecule has 10 heteroatoms. The van der Waals surface area contributed by atoms with Gasteiger partial charge in [0.1, 0.15) is 6.61 Å². The molecule has 0 aliphatic heterocycles. The number of hydrogen-bond acceptors (Lipinski definition) is 4. The van der Waals surface area contributed by atoms with Crippen LogP contribution in [0, 0.1) is 5.92 Å². The van der Waals surface area contributed by atoms with E-state index in [0.717, 1.165) is 16.5 Å². The van der Waals surface area contributed by atoms with Crippen molar-refractivity contribution >= 4 is 39.9 Å². The van der Waals surface area contributed by atoms with Crippen molar-refractivity contribution < 1.29 is 32.2 Å². The lowest BCUT2D eigenvalue weighted by atomic mass is 9.85. The summed E-state index contributed by atoms with van der Waals surface area (Å²) in [6.45, 7) is -0.197. The summed E-state index contributed by atoms with van der Waals surface area (Å²) >= 11 is 6.01. The van der Waals surface area contributed by atoms with E-state index in [2.05, 4.69) is 15.4 Å². The Labute approximate surface area is 200 Å². The lowest BCUT2D eigenvalue weighted by Crippen LogP contribution is -2.44. The fourth-order valence-corrected chi connectivity index (χ4v) is 4.62. The molecule has 2 fully saturated rings. The third-order valence-electron chi connectivity index (χ3n) is 6.33. The lowest BCUT2D eigenvalue weighted by molar-refractivity contribution is -0.357. The third-order valence-corrected chi connectivity index (χ3v) is 6.57. The van der Waals surface area contributed by atoms with E-state index in [1.807, 2.05) is 30.3 Å². The van der Waals surface area contributed by atoms with Crippen LogP contribution in [0.4, 0.5) is 18.9 Å². The largest absolute Gasteiger partial charge is 0.522 e. The highest BCUT2D eigenvalue weighted by atomic mass is 35.5. The van der Waals surface area contributed by atoms with Gasteiger partial charge in [-0.15, -0.1) is 13.2 Å². The van der Waals surface area contributed by atoms with Crippen molar-refractivity contribution in [1.82, 2.24) is 5.32 Å². The van der Waals surface area contributed by atoms with E-state index in [1.165, 1.54) is 0 Å². The molecule has 0 saturated heterocycles. The summed E-state index contributed by atoms with van der Waals surface area (Å²) in [5.74, 6) is -0.475. The molecule has 2 aromatic carbocycles. The maximum atomic E-state index is 12.7. The van der Waals surface area contributed by atoms with Gasteiger partial charge >= 0.3 is 6.36 Å². The molecule has 0 radical (unpaired) electrons. The molecular weight excluding hydrogens is 473 g/mol. The second-order valence-corrected chi connectivity index (χ2v) is 9.34. The average molecular weight is 499 g/mol. The minimum Gasteiger partial charge on any atom is -0.368 e. The number of carbonyl (C=O) groups excluding carboxylic acids is 2. The van der Waals surface area contributed by atoms with Crippen LogP contribution >= 0.6 is 11.6 Å². The molecule has 0 spiro atoms. The molecule has 0 aromatic heterocycles. The second-order valence-electron chi connectivity index (χ2n) is 8.90. The number of rotatable bonds is 7. The van der Waals surface area contributed by atoms with Crippen LogP contribution in [-0.2, 0) is 19.1 Å². The molecule has 2 aromatic rings. The summed E-state index contributed by atoms with van der Waals surface area (Å²) < 4.78 is 45.6. The Morgan fingerprint density at radius 1 is 0.971 bits per heavy atom. The highest BCUT2D eigenvalue weighted by molar-refractivity contribution is 6.31. The van der Waals surface area contributed by atoms with Gasteiger partial charge in [0.2, 0.25) is 11.8 Å². The van der Waals surface area contributed by atoms with Crippen molar-refractivity contribution in [2.24, 2.45) is 5.92 Å². The van der Waals surface area contributed by atoms with Crippen molar-refractivity contribution in [2.75, 3.05) is 11.9 Å². The number of benzene rings is 2. The Kier molecular flexibility index (Phi) is 7.64. The van der Waals surface area contributed by atoms with Crippen LogP contribution in [0.3, 0.4) is 0 Å². The molecule has 2 N–H and O–H groups in total. The highest BCUT2D eigenvalue weighted by Gasteiger charge is 2.40. The van der Waals surface area contributed by atoms with Crippen LogP contribution in [-0.4, -0.2) is 43.0 Å². The summed E-state index contributed by atoms with van der Waals surface area (Å²) in [6.07, 6.45) is -3.05. The van der Waals surface area contributed by atoms with Crippen LogP contribution < -0.4 is 10.6 Å². The molecule has 184 valence electrons. The van der Waals surface area contributed by atoms with Gasteiger partial charge < -0.3 is 15.4 Å². The SMILES string of the molecule is O=C(CO[C@H]1C[C@@H](OC(F)(F)F)C1)N[C@H]1CC[C@H](C(=O)Nc2ccc3cc(Cl)ccc3c2)CC1. The second kappa shape index (κ2) is 10.5. The lowest BCUT2D eigenvalue weighted by Gasteiger charge is -2.35. The van der Waals surface area contributed by atoms with Crippen LogP contribution in [0.5, 0.6) is 0 Å². The Balaban J connectivity index is 1.15. The molecule has 0 unspecified atom stereocenters. The van der Waals surface area contributed by atoms with Gasteiger partial charge in [-0.1, -0.05) is 23.7 Å². The van der Waals surface area contributed by atoms with Crippen LogP contribution in [0.2, 0.25) is 5.02 Å². The first-order chi connectivity index (χ1) is 16.1. The fraction of sp³-hybridized carbons (Fsp3) is 0.500.